The van der Waals surface area contributed by atoms with Gasteiger partial charge in [0.1, 0.15) is 0 Å². The number of rotatable bonds is 4. The summed E-state index contributed by atoms with van der Waals surface area (Å²) in [6, 6.07) is 11.7. The molecule has 2 aromatic rings. The van der Waals surface area contributed by atoms with Gasteiger partial charge in [-0.1, -0.05) is 25.1 Å². The quantitative estimate of drug-likeness (QED) is 0.866. The van der Waals surface area contributed by atoms with Crippen LogP contribution in [0.4, 0.5) is 10.5 Å². The number of thiophene rings is 1. The molecule has 0 spiro atoms. The molecule has 0 saturated heterocycles. The molecular formula is C14H16N2OS. The van der Waals surface area contributed by atoms with Crippen molar-refractivity contribution in [2.75, 3.05) is 5.32 Å². The Hall–Kier alpha value is -1.81. The second-order valence-corrected chi connectivity index (χ2v) is 4.97. The molecule has 0 aliphatic carbocycles. The first kappa shape index (κ1) is 12.6. The van der Waals surface area contributed by atoms with Crippen LogP contribution in [0.2, 0.25) is 0 Å². The van der Waals surface area contributed by atoms with Crippen molar-refractivity contribution in [2.24, 2.45) is 0 Å². The van der Waals surface area contributed by atoms with E-state index in [-0.39, 0.29) is 6.03 Å². The smallest absolute Gasteiger partial charge is 0.319 e. The van der Waals surface area contributed by atoms with Gasteiger partial charge in [0.2, 0.25) is 0 Å². The maximum atomic E-state index is 11.7. The lowest BCUT2D eigenvalue weighted by Gasteiger charge is -2.07. The third-order valence-electron chi connectivity index (χ3n) is 2.60. The Morgan fingerprint density at radius 1 is 1.28 bits per heavy atom. The number of urea groups is 1. The molecule has 1 heterocycles. The largest absolute Gasteiger partial charge is 0.333 e. The van der Waals surface area contributed by atoms with Gasteiger partial charge in [-0.15, -0.1) is 11.3 Å². The maximum absolute atomic E-state index is 11.7. The van der Waals surface area contributed by atoms with Crippen molar-refractivity contribution in [1.82, 2.24) is 5.32 Å². The number of carbonyl (C=O) groups is 1. The van der Waals surface area contributed by atoms with Crippen molar-refractivity contribution in [1.29, 1.82) is 0 Å². The number of benzene rings is 1. The van der Waals surface area contributed by atoms with E-state index < -0.39 is 0 Å². The van der Waals surface area contributed by atoms with Gasteiger partial charge in [0.05, 0.1) is 6.54 Å². The van der Waals surface area contributed by atoms with E-state index in [0.717, 1.165) is 17.0 Å². The molecule has 1 aromatic heterocycles. The third-order valence-corrected chi connectivity index (χ3v) is 3.47. The molecule has 2 rings (SSSR count). The van der Waals surface area contributed by atoms with Gasteiger partial charge < -0.3 is 10.6 Å². The van der Waals surface area contributed by atoms with Crippen LogP contribution in [0.1, 0.15) is 17.4 Å². The standard InChI is InChI=1S/C14H16N2OS/c1-2-11-5-3-6-12(9-11)16-14(17)15-10-13-7-4-8-18-13/h3-9H,2,10H2,1H3,(H2,15,16,17). The summed E-state index contributed by atoms with van der Waals surface area (Å²) in [5.41, 5.74) is 2.05. The highest BCUT2D eigenvalue weighted by Crippen LogP contribution is 2.11. The molecule has 0 unspecified atom stereocenters. The highest BCUT2D eigenvalue weighted by atomic mass is 32.1. The van der Waals surface area contributed by atoms with Crippen LogP contribution in [-0.2, 0) is 13.0 Å². The molecule has 94 valence electrons. The molecule has 4 heteroatoms. The molecule has 0 aliphatic heterocycles. The van der Waals surface area contributed by atoms with Crippen LogP contribution in [0.15, 0.2) is 41.8 Å². The molecule has 0 saturated carbocycles. The molecule has 0 aliphatic rings. The van der Waals surface area contributed by atoms with Crippen LogP contribution in [-0.4, -0.2) is 6.03 Å². The minimum Gasteiger partial charge on any atom is -0.333 e. The Morgan fingerprint density at radius 2 is 2.17 bits per heavy atom. The number of hydrogen-bond acceptors (Lipinski definition) is 2. The van der Waals surface area contributed by atoms with Gasteiger partial charge in [-0.25, -0.2) is 4.79 Å². The zero-order chi connectivity index (χ0) is 12.8. The summed E-state index contributed by atoms with van der Waals surface area (Å²) >= 11 is 1.63. The van der Waals surface area contributed by atoms with Crippen molar-refractivity contribution in [2.45, 2.75) is 19.9 Å². The topological polar surface area (TPSA) is 41.1 Å². The molecule has 2 amide bonds. The third kappa shape index (κ3) is 3.60. The lowest BCUT2D eigenvalue weighted by molar-refractivity contribution is 0.252. The van der Waals surface area contributed by atoms with Gasteiger partial charge in [0.25, 0.3) is 0 Å². The van der Waals surface area contributed by atoms with E-state index in [1.54, 1.807) is 11.3 Å². The van der Waals surface area contributed by atoms with Crippen molar-refractivity contribution < 1.29 is 4.79 Å². The highest BCUT2D eigenvalue weighted by molar-refractivity contribution is 7.09. The summed E-state index contributed by atoms with van der Waals surface area (Å²) in [6.45, 7) is 2.66. The lowest BCUT2D eigenvalue weighted by atomic mass is 10.1. The molecule has 3 nitrogen and oxygen atoms in total. The van der Waals surface area contributed by atoms with Crippen LogP contribution >= 0.6 is 11.3 Å². The fourth-order valence-electron chi connectivity index (χ4n) is 1.62. The summed E-state index contributed by atoms with van der Waals surface area (Å²) in [5, 5.41) is 7.66. The minimum absolute atomic E-state index is 0.170. The van der Waals surface area contributed by atoms with Crippen molar-refractivity contribution in [3.8, 4) is 0 Å². The number of amides is 2. The summed E-state index contributed by atoms with van der Waals surface area (Å²) in [6.07, 6.45) is 0.965. The monoisotopic (exact) mass is 260 g/mol. The SMILES string of the molecule is CCc1cccc(NC(=O)NCc2cccs2)c1. The van der Waals surface area contributed by atoms with E-state index >= 15 is 0 Å². The van der Waals surface area contributed by atoms with Gasteiger partial charge in [-0.2, -0.15) is 0 Å². The molecule has 0 fully saturated rings. The number of nitrogens with one attached hydrogen (secondary N) is 2. The average molecular weight is 260 g/mol. The molecule has 0 radical (unpaired) electrons. The zero-order valence-corrected chi connectivity index (χ0v) is 11.1. The van der Waals surface area contributed by atoms with Crippen molar-refractivity contribution in [3.05, 3.63) is 52.2 Å². The van der Waals surface area contributed by atoms with Crippen molar-refractivity contribution >= 4 is 23.1 Å². The fourth-order valence-corrected chi connectivity index (χ4v) is 2.27. The predicted molar refractivity (Wildman–Crippen MR) is 76.0 cm³/mol. The Kier molecular flexibility index (Phi) is 4.36. The second-order valence-electron chi connectivity index (χ2n) is 3.94. The Morgan fingerprint density at radius 3 is 2.89 bits per heavy atom. The molecule has 0 atom stereocenters. The maximum Gasteiger partial charge on any atom is 0.319 e. The number of anilines is 1. The van der Waals surface area contributed by atoms with Gasteiger partial charge in [-0.3, -0.25) is 0 Å². The number of aryl methyl sites for hydroxylation is 1. The number of hydrogen-bond donors (Lipinski definition) is 2. The van der Waals surface area contributed by atoms with E-state index in [1.165, 1.54) is 5.56 Å². The molecule has 2 N–H and O–H groups in total. The lowest BCUT2D eigenvalue weighted by Crippen LogP contribution is -2.27. The van der Waals surface area contributed by atoms with E-state index in [1.807, 2.05) is 35.7 Å². The van der Waals surface area contributed by atoms with Gasteiger partial charge in [0, 0.05) is 10.6 Å². The van der Waals surface area contributed by atoms with E-state index in [9.17, 15) is 4.79 Å². The Labute approximate surface area is 111 Å². The predicted octanol–water partition coefficient (Wildman–Crippen LogP) is 3.63. The van der Waals surface area contributed by atoms with Crippen LogP contribution < -0.4 is 10.6 Å². The summed E-state index contributed by atoms with van der Waals surface area (Å²) in [7, 11) is 0. The van der Waals surface area contributed by atoms with Gasteiger partial charge >= 0.3 is 6.03 Å². The van der Waals surface area contributed by atoms with Crippen LogP contribution in [0.3, 0.4) is 0 Å². The van der Waals surface area contributed by atoms with Crippen LogP contribution in [0, 0.1) is 0 Å². The summed E-state index contributed by atoms with van der Waals surface area (Å²) < 4.78 is 0. The molecular weight excluding hydrogens is 244 g/mol. The first-order valence-electron chi connectivity index (χ1n) is 5.94. The van der Waals surface area contributed by atoms with Crippen LogP contribution in [0.5, 0.6) is 0 Å². The van der Waals surface area contributed by atoms with E-state index in [2.05, 4.69) is 23.6 Å². The summed E-state index contributed by atoms with van der Waals surface area (Å²) in [4.78, 5) is 12.8. The normalized spacial score (nSPS) is 10.1. The molecule has 0 bridgehead atoms. The van der Waals surface area contributed by atoms with E-state index in [0.29, 0.717) is 6.54 Å². The van der Waals surface area contributed by atoms with Crippen LogP contribution in [0.25, 0.3) is 0 Å². The van der Waals surface area contributed by atoms with Crippen molar-refractivity contribution in [3.63, 3.8) is 0 Å². The fraction of sp³-hybridized carbons (Fsp3) is 0.214. The van der Waals surface area contributed by atoms with Gasteiger partial charge in [0.15, 0.2) is 0 Å². The molecule has 1 aromatic carbocycles. The highest BCUT2D eigenvalue weighted by Gasteiger charge is 2.02. The Balaban J connectivity index is 1.86. The minimum atomic E-state index is -0.170. The van der Waals surface area contributed by atoms with E-state index in [4.69, 9.17) is 0 Å². The average Bonchev–Trinajstić information content (AvgIpc) is 2.90. The second kappa shape index (κ2) is 6.21. The Bertz CT molecular complexity index is 508. The summed E-state index contributed by atoms with van der Waals surface area (Å²) in [5.74, 6) is 0. The molecule has 18 heavy (non-hydrogen) atoms. The first-order valence-corrected chi connectivity index (χ1v) is 6.82. The zero-order valence-electron chi connectivity index (χ0n) is 10.3. The van der Waals surface area contributed by atoms with Gasteiger partial charge in [-0.05, 0) is 35.6 Å². The first-order chi connectivity index (χ1) is 8.78. The number of carbonyl (C=O) groups excluding carboxylic acids is 1.